The molecule has 1 atom stereocenters. The molecule has 1 aliphatic heterocycles. The van der Waals surface area contributed by atoms with Gasteiger partial charge in [0, 0.05) is 6.07 Å². The van der Waals surface area contributed by atoms with E-state index < -0.39 is 17.6 Å². The van der Waals surface area contributed by atoms with Gasteiger partial charge in [-0.2, -0.15) is 0 Å². The standard InChI is InChI=1S/C20H21NO4/c1-20(2,3)25-19(23)21-16-12-14(24-4)10-11-15(16)17(18(21)22)13-8-6-5-7-9-13/h5-12,17H,1-4H3. The van der Waals surface area contributed by atoms with E-state index >= 15 is 0 Å². The molecule has 3 rings (SSSR count). The normalized spacial score (nSPS) is 16.6. The molecule has 0 aliphatic carbocycles. The van der Waals surface area contributed by atoms with Crippen LogP contribution in [0.15, 0.2) is 48.5 Å². The van der Waals surface area contributed by atoms with Crippen molar-refractivity contribution in [1.82, 2.24) is 0 Å². The predicted octanol–water partition coefficient (Wildman–Crippen LogP) is 4.11. The Morgan fingerprint density at radius 3 is 2.36 bits per heavy atom. The van der Waals surface area contributed by atoms with Crippen LogP contribution in [-0.2, 0) is 9.53 Å². The first-order valence-corrected chi connectivity index (χ1v) is 8.11. The average Bonchev–Trinajstić information content (AvgIpc) is 2.85. The van der Waals surface area contributed by atoms with Crippen LogP contribution >= 0.6 is 0 Å². The lowest BCUT2D eigenvalue weighted by molar-refractivity contribution is -0.118. The molecule has 0 saturated carbocycles. The van der Waals surface area contributed by atoms with Gasteiger partial charge in [0.05, 0.1) is 18.7 Å². The van der Waals surface area contributed by atoms with Gasteiger partial charge in [0.15, 0.2) is 0 Å². The Morgan fingerprint density at radius 2 is 1.76 bits per heavy atom. The van der Waals surface area contributed by atoms with E-state index in [9.17, 15) is 9.59 Å². The largest absolute Gasteiger partial charge is 0.497 e. The summed E-state index contributed by atoms with van der Waals surface area (Å²) < 4.78 is 10.7. The number of benzene rings is 2. The third-order valence-electron chi connectivity index (χ3n) is 3.97. The summed E-state index contributed by atoms with van der Waals surface area (Å²) in [6, 6.07) is 14.7. The molecule has 2 amide bonds. The highest BCUT2D eigenvalue weighted by atomic mass is 16.6. The maximum atomic E-state index is 13.1. The molecule has 2 aromatic carbocycles. The molecule has 1 heterocycles. The second-order valence-corrected chi connectivity index (χ2v) is 6.92. The van der Waals surface area contributed by atoms with E-state index in [1.807, 2.05) is 36.4 Å². The number of nitrogens with zero attached hydrogens (tertiary/aromatic N) is 1. The second kappa shape index (κ2) is 6.24. The van der Waals surface area contributed by atoms with Crippen LogP contribution in [-0.4, -0.2) is 24.7 Å². The molecule has 5 nitrogen and oxygen atoms in total. The van der Waals surface area contributed by atoms with Crippen LogP contribution in [0.25, 0.3) is 0 Å². The van der Waals surface area contributed by atoms with Crippen molar-refractivity contribution >= 4 is 17.7 Å². The van der Waals surface area contributed by atoms with E-state index in [0.717, 1.165) is 16.0 Å². The highest BCUT2D eigenvalue weighted by Crippen LogP contribution is 2.43. The molecule has 0 bridgehead atoms. The van der Waals surface area contributed by atoms with E-state index in [2.05, 4.69) is 0 Å². The summed E-state index contributed by atoms with van der Waals surface area (Å²) in [5.74, 6) is -0.271. The molecule has 0 saturated heterocycles. The summed E-state index contributed by atoms with van der Waals surface area (Å²) in [5, 5.41) is 0. The van der Waals surface area contributed by atoms with Gasteiger partial charge in [0.2, 0.25) is 5.91 Å². The number of amides is 2. The fourth-order valence-electron chi connectivity index (χ4n) is 2.93. The van der Waals surface area contributed by atoms with Gasteiger partial charge >= 0.3 is 6.09 Å². The fourth-order valence-corrected chi connectivity index (χ4v) is 2.93. The number of fused-ring (bicyclic) bond motifs is 1. The molecule has 130 valence electrons. The Morgan fingerprint density at radius 1 is 1.08 bits per heavy atom. The van der Waals surface area contributed by atoms with E-state index in [1.165, 1.54) is 0 Å². The van der Waals surface area contributed by atoms with Gasteiger partial charge in [-0.15, -0.1) is 0 Å². The Labute approximate surface area is 147 Å². The highest BCUT2D eigenvalue weighted by molar-refractivity contribution is 6.20. The molecular weight excluding hydrogens is 318 g/mol. The Balaban J connectivity index is 2.09. The molecular formula is C20H21NO4. The van der Waals surface area contributed by atoms with E-state index in [0.29, 0.717) is 11.4 Å². The number of anilines is 1. The summed E-state index contributed by atoms with van der Waals surface area (Å²) in [7, 11) is 1.55. The predicted molar refractivity (Wildman–Crippen MR) is 95.0 cm³/mol. The van der Waals surface area contributed by atoms with Crippen LogP contribution in [0.5, 0.6) is 5.75 Å². The van der Waals surface area contributed by atoms with Crippen molar-refractivity contribution in [3.63, 3.8) is 0 Å². The number of hydrogen-bond donors (Lipinski definition) is 0. The lowest BCUT2D eigenvalue weighted by Gasteiger charge is -2.24. The zero-order chi connectivity index (χ0) is 18.2. The first kappa shape index (κ1) is 17.0. The SMILES string of the molecule is COc1ccc2c(c1)N(C(=O)OC(C)(C)C)C(=O)C2c1ccccc1. The monoisotopic (exact) mass is 339 g/mol. The van der Waals surface area contributed by atoms with Crippen molar-refractivity contribution in [1.29, 1.82) is 0 Å². The molecule has 0 fully saturated rings. The summed E-state index contributed by atoms with van der Waals surface area (Å²) in [5.41, 5.74) is 1.42. The average molecular weight is 339 g/mol. The van der Waals surface area contributed by atoms with Crippen molar-refractivity contribution in [2.75, 3.05) is 12.0 Å². The number of imide groups is 1. The van der Waals surface area contributed by atoms with Crippen LogP contribution in [0.3, 0.4) is 0 Å². The minimum Gasteiger partial charge on any atom is -0.497 e. The van der Waals surface area contributed by atoms with Gasteiger partial charge < -0.3 is 9.47 Å². The topological polar surface area (TPSA) is 55.8 Å². The third-order valence-corrected chi connectivity index (χ3v) is 3.97. The number of rotatable bonds is 2. The lowest BCUT2D eigenvalue weighted by atomic mass is 9.93. The van der Waals surface area contributed by atoms with Crippen molar-refractivity contribution in [2.45, 2.75) is 32.3 Å². The van der Waals surface area contributed by atoms with Crippen LogP contribution in [0.2, 0.25) is 0 Å². The molecule has 5 heteroatoms. The fraction of sp³-hybridized carbons (Fsp3) is 0.300. The second-order valence-electron chi connectivity index (χ2n) is 6.92. The summed E-state index contributed by atoms with van der Waals surface area (Å²) in [6.45, 7) is 5.31. The van der Waals surface area contributed by atoms with Gasteiger partial charge in [-0.25, -0.2) is 9.69 Å². The maximum Gasteiger partial charge on any atom is 0.421 e. The zero-order valence-corrected chi connectivity index (χ0v) is 14.8. The van der Waals surface area contributed by atoms with Crippen molar-refractivity contribution in [3.05, 3.63) is 59.7 Å². The molecule has 25 heavy (non-hydrogen) atoms. The van der Waals surface area contributed by atoms with Crippen molar-refractivity contribution in [3.8, 4) is 5.75 Å². The first-order chi connectivity index (χ1) is 11.8. The smallest absolute Gasteiger partial charge is 0.421 e. The van der Waals surface area contributed by atoms with Gasteiger partial charge in [0.25, 0.3) is 0 Å². The van der Waals surface area contributed by atoms with Gasteiger partial charge in [0.1, 0.15) is 11.4 Å². The Hall–Kier alpha value is -2.82. The number of carbonyl (C=O) groups is 2. The Kier molecular flexibility index (Phi) is 4.25. The minimum atomic E-state index is -0.693. The van der Waals surface area contributed by atoms with Crippen molar-refractivity contribution in [2.24, 2.45) is 0 Å². The summed E-state index contributed by atoms with van der Waals surface area (Å²) >= 11 is 0. The van der Waals surface area contributed by atoms with Crippen LogP contribution in [0.1, 0.15) is 37.8 Å². The van der Waals surface area contributed by atoms with Gasteiger partial charge in [-0.05, 0) is 38.0 Å². The molecule has 1 unspecified atom stereocenters. The first-order valence-electron chi connectivity index (χ1n) is 8.11. The third kappa shape index (κ3) is 3.22. The number of carbonyl (C=O) groups excluding carboxylic acids is 2. The van der Waals surface area contributed by atoms with Crippen molar-refractivity contribution < 1.29 is 19.1 Å². The van der Waals surface area contributed by atoms with Crippen LogP contribution < -0.4 is 9.64 Å². The molecule has 0 spiro atoms. The molecule has 0 radical (unpaired) electrons. The molecule has 0 N–H and O–H groups in total. The van der Waals surface area contributed by atoms with E-state index in [4.69, 9.17) is 9.47 Å². The van der Waals surface area contributed by atoms with E-state index in [-0.39, 0.29) is 5.91 Å². The quantitative estimate of drug-likeness (QED) is 0.826. The lowest BCUT2D eigenvalue weighted by Crippen LogP contribution is -2.39. The van der Waals surface area contributed by atoms with Crippen LogP contribution in [0.4, 0.5) is 10.5 Å². The van der Waals surface area contributed by atoms with Gasteiger partial charge in [-0.3, -0.25) is 4.79 Å². The molecule has 2 aromatic rings. The Bertz CT molecular complexity index is 808. The number of hydrogen-bond acceptors (Lipinski definition) is 4. The van der Waals surface area contributed by atoms with Crippen LogP contribution in [0, 0.1) is 0 Å². The van der Waals surface area contributed by atoms with E-state index in [1.54, 1.807) is 40.0 Å². The highest BCUT2D eigenvalue weighted by Gasteiger charge is 2.43. The summed E-state index contributed by atoms with van der Waals surface area (Å²) in [4.78, 5) is 26.8. The number of methoxy groups -OCH3 is 1. The number of ether oxygens (including phenoxy) is 2. The zero-order valence-electron chi connectivity index (χ0n) is 14.8. The molecule has 1 aliphatic rings. The maximum absolute atomic E-state index is 13.1. The summed E-state index contributed by atoms with van der Waals surface area (Å²) in [6.07, 6.45) is -0.676. The molecule has 0 aromatic heterocycles. The minimum absolute atomic E-state index is 0.316. The van der Waals surface area contributed by atoms with Gasteiger partial charge in [-0.1, -0.05) is 36.4 Å².